The molecule has 0 N–H and O–H groups in total. The van der Waals surface area contributed by atoms with Gasteiger partial charge in [-0.2, -0.15) is 5.10 Å². The fourth-order valence-corrected chi connectivity index (χ4v) is 1.54. The van der Waals surface area contributed by atoms with E-state index in [2.05, 4.69) is 9.84 Å². The lowest BCUT2D eigenvalue weighted by molar-refractivity contribution is -0.140. The van der Waals surface area contributed by atoms with Crippen molar-refractivity contribution in [3.8, 4) is 0 Å². The molecule has 1 aromatic heterocycles. The van der Waals surface area contributed by atoms with Gasteiger partial charge in [0.15, 0.2) is 5.38 Å². The van der Waals surface area contributed by atoms with Gasteiger partial charge >= 0.3 is 5.97 Å². The predicted octanol–water partition coefficient (Wildman–Crippen LogP) is 1.44. The van der Waals surface area contributed by atoms with Crippen LogP contribution in [0.4, 0.5) is 0 Å². The zero-order valence-electron chi connectivity index (χ0n) is 8.45. The molecule has 0 aliphatic carbocycles. The molecule has 14 heavy (non-hydrogen) atoms. The first-order chi connectivity index (χ1) is 6.60. The van der Waals surface area contributed by atoms with Gasteiger partial charge in [-0.05, 0) is 6.42 Å². The zero-order valence-corrected chi connectivity index (χ0v) is 9.21. The van der Waals surface area contributed by atoms with Gasteiger partial charge in [0.05, 0.1) is 12.8 Å². The quantitative estimate of drug-likeness (QED) is 0.567. The van der Waals surface area contributed by atoms with E-state index in [1.165, 1.54) is 7.11 Å². The number of aromatic nitrogens is 2. The second-order valence-electron chi connectivity index (χ2n) is 2.94. The average Bonchev–Trinajstić information content (AvgIpc) is 2.57. The van der Waals surface area contributed by atoms with Crippen LogP contribution in [0, 0.1) is 0 Å². The average molecular weight is 217 g/mol. The van der Waals surface area contributed by atoms with Crippen LogP contribution in [-0.4, -0.2) is 22.9 Å². The summed E-state index contributed by atoms with van der Waals surface area (Å²) in [6.07, 6.45) is 2.49. The predicted molar refractivity (Wildman–Crippen MR) is 53.2 cm³/mol. The van der Waals surface area contributed by atoms with Crippen molar-refractivity contribution in [2.45, 2.75) is 18.7 Å². The van der Waals surface area contributed by atoms with Gasteiger partial charge in [-0.15, -0.1) is 11.6 Å². The third-order valence-electron chi connectivity index (χ3n) is 1.95. The van der Waals surface area contributed by atoms with Crippen LogP contribution < -0.4 is 0 Å². The summed E-state index contributed by atoms with van der Waals surface area (Å²) in [6, 6.07) is 0. The molecule has 0 radical (unpaired) electrons. The van der Waals surface area contributed by atoms with E-state index < -0.39 is 11.3 Å². The standard InChI is InChI=1S/C9H13ClN2O2/c1-4-7-6(5-12(2)11-7)8(10)9(13)14-3/h5,8H,4H2,1-3H3. The summed E-state index contributed by atoms with van der Waals surface area (Å²) in [7, 11) is 3.11. The Kier molecular flexibility index (Phi) is 3.52. The van der Waals surface area contributed by atoms with E-state index in [1.807, 2.05) is 6.92 Å². The van der Waals surface area contributed by atoms with Gasteiger partial charge in [0.2, 0.25) is 0 Å². The highest BCUT2D eigenvalue weighted by Gasteiger charge is 2.22. The largest absolute Gasteiger partial charge is 0.468 e. The molecule has 78 valence electrons. The van der Waals surface area contributed by atoms with Crippen molar-refractivity contribution in [2.75, 3.05) is 7.11 Å². The van der Waals surface area contributed by atoms with Crippen LogP contribution in [0.3, 0.4) is 0 Å². The van der Waals surface area contributed by atoms with Crippen LogP contribution in [0.5, 0.6) is 0 Å². The van der Waals surface area contributed by atoms with E-state index in [1.54, 1.807) is 17.9 Å². The summed E-state index contributed by atoms with van der Waals surface area (Å²) in [6.45, 7) is 1.97. The summed E-state index contributed by atoms with van der Waals surface area (Å²) in [5.41, 5.74) is 1.56. The molecule has 0 bridgehead atoms. The monoisotopic (exact) mass is 216 g/mol. The van der Waals surface area contributed by atoms with Gasteiger partial charge in [-0.1, -0.05) is 6.92 Å². The zero-order chi connectivity index (χ0) is 10.7. The Balaban J connectivity index is 2.98. The first kappa shape index (κ1) is 11.0. The van der Waals surface area contributed by atoms with Crippen LogP contribution in [0.1, 0.15) is 23.6 Å². The number of nitrogens with zero attached hydrogens (tertiary/aromatic N) is 2. The minimum atomic E-state index is -0.761. The summed E-state index contributed by atoms with van der Waals surface area (Å²) in [4.78, 5) is 11.2. The maximum absolute atomic E-state index is 11.2. The number of alkyl halides is 1. The molecule has 1 rings (SSSR count). The molecule has 0 spiro atoms. The summed E-state index contributed by atoms with van der Waals surface area (Å²) >= 11 is 5.93. The number of ether oxygens (including phenoxy) is 1. The van der Waals surface area contributed by atoms with Gasteiger partial charge in [0.1, 0.15) is 0 Å². The molecule has 0 aromatic carbocycles. The highest BCUT2D eigenvalue weighted by molar-refractivity contribution is 6.30. The number of methoxy groups -OCH3 is 1. The molecule has 5 heteroatoms. The molecule has 1 aromatic rings. The Bertz CT molecular complexity index is 336. The third-order valence-corrected chi connectivity index (χ3v) is 2.37. The van der Waals surface area contributed by atoms with Gasteiger partial charge in [-0.3, -0.25) is 9.48 Å². The Labute approximate surface area is 87.8 Å². The topological polar surface area (TPSA) is 44.1 Å². The normalized spacial score (nSPS) is 12.6. The molecular formula is C9H13ClN2O2. The Morgan fingerprint density at radius 2 is 2.43 bits per heavy atom. The van der Waals surface area contributed by atoms with E-state index in [4.69, 9.17) is 11.6 Å². The SMILES string of the molecule is CCc1nn(C)cc1C(Cl)C(=O)OC. The number of rotatable bonds is 3. The minimum absolute atomic E-state index is 0.450. The van der Waals surface area contributed by atoms with Crippen LogP contribution in [0.15, 0.2) is 6.20 Å². The molecule has 0 saturated heterocycles. The van der Waals surface area contributed by atoms with Crippen LogP contribution >= 0.6 is 11.6 Å². The molecule has 4 nitrogen and oxygen atoms in total. The molecule has 1 unspecified atom stereocenters. The lowest BCUT2D eigenvalue weighted by Crippen LogP contribution is -2.09. The molecule has 1 heterocycles. The third kappa shape index (κ3) is 2.07. The van der Waals surface area contributed by atoms with Crippen LogP contribution in [0.25, 0.3) is 0 Å². The number of carbonyl (C=O) groups is 1. The number of esters is 1. The van der Waals surface area contributed by atoms with Crippen molar-refractivity contribution in [1.82, 2.24) is 9.78 Å². The highest BCUT2D eigenvalue weighted by atomic mass is 35.5. The first-order valence-corrected chi connectivity index (χ1v) is 4.78. The number of aryl methyl sites for hydroxylation is 2. The van der Waals surface area contributed by atoms with E-state index in [-0.39, 0.29) is 0 Å². The molecule has 0 amide bonds. The smallest absolute Gasteiger partial charge is 0.328 e. The lowest BCUT2D eigenvalue weighted by Gasteiger charge is -2.05. The Hall–Kier alpha value is -1.03. The number of carbonyl (C=O) groups excluding carboxylic acids is 1. The van der Waals surface area contributed by atoms with Crippen molar-refractivity contribution in [1.29, 1.82) is 0 Å². The lowest BCUT2D eigenvalue weighted by atomic mass is 10.1. The summed E-state index contributed by atoms with van der Waals surface area (Å²) in [5, 5.41) is 3.43. The van der Waals surface area contributed by atoms with Crippen LogP contribution in [0.2, 0.25) is 0 Å². The van der Waals surface area contributed by atoms with Gasteiger partial charge in [-0.25, -0.2) is 0 Å². The Morgan fingerprint density at radius 1 is 1.79 bits per heavy atom. The van der Waals surface area contributed by atoms with Crippen LogP contribution in [-0.2, 0) is 23.0 Å². The fraction of sp³-hybridized carbons (Fsp3) is 0.556. The van der Waals surface area contributed by atoms with E-state index in [0.717, 1.165) is 17.7 Å². The second-order valence-corrected chi connectivity index (χ2v) is 3.38. The maximum atomic E-state index is 11.2. The highest BCUT2D eigenvalue weighted by Crippen LogP contribution is 2.24. The van der Waals surface area contributed by atoms with Crippen molar-refractivity contribution < 1.29 is 9.53 Å². The molecule has 0 saturated carbocycles. The van der Waals surface area contributed by atoms with Crippen molar-refractivity contribution in [3.05, 3.63) is 17.5 Å². The van der Waals surface area contributed by atoms with Crippen molar-refractivity contribution in [2.24, 2.45) is 7.05 Å². The van der Waals surface area contributed by atoms with Crippen molar-refractivity contribution >= 4 is 17.6 Å². The number of hydrogen-bond donors (Lipinski definition) is 0. The van der Waals surface area contributed by atoms with Gasteiger partial charge < -0.3 is 4.74 Å². The first-order valence-electron chi connectivity index (χ1n) is 4.34. The van der Waals surface area contributed by atoms with Gasteiger partial charge in [0, 0.05) is 18.8 Å². The molecule has 0 fully saturated rings. The van der Waals surface area contributed by atoms with E-state index in [0.29, 0.717) is 0 Å². The molecular weight excluding hydrogens is 204 g/mol. The van der Waals surface area contributed by atoms with E-state index >= 15 is 0 Å². The summed E-state index contributed by atoms with van der Waals surface area (Å²) in [5.74, 6) is -0.450. The minimum Gasteiger partial charge on any atom is -0.468 e. The number of hydrogen-bond acceptors (Lipinski definition) is 3. The molecule has 0 aliphatic rings. The maximum Gasteiger partial charge on any atom is 0.328 e. The van der Waals surface area contributed by atoms with Crippen molar-refractivity contribution in [3.63, 3.8) is 0 Å². The number of halogens is 1. The molecule has 0 aliphatic heterocycles. The Morgan fingerprint density at radius 3 is 2.93 bits per heavy atom. The molecule has 1 atom stereocenters. The second kappa shape index (κ2) is 4.46. The summed E-state index contributed by atoms with van der Waals surface area (Å²) < 4.78 is 6.21. The van der Waals surface area contributed by atoms with E-state index in [9.17, 15) is 4.79 Å². The fourth-order valence-electron chi connectivity index (χ4n) is 1.27. The van der Waals surface area contributed by atoms with Gasteiger partial charge in [0.25, 0.3) is 0 Å².